The molecule has 0 aromatic heterocycles. The van der Waals surface area contributed by atoms with E-state index in [-0.39, 0.29) is 29.6 Å². The maximum absolute atomic E-state index is 13.7. The van der Waals surface area contributed by atoms with E-state index in [2.05, 4.69) is 20.0 Å². The minimum atomic E-state index is -4.91. The van der Waals surface area contributed by atoms with Gasteiger partial charge in [-0.1, -0.05) is 17.7 Å². The number of guanidine groups is 1. The van der Waals surface area contributed by atoms with E-state index in [4.69, 9.17) is 17.3 Å². The van der Waals surface area contributed by atoms with Crippen molar-refractivity contribution in [1.82, 2.24) is 0 Å². The lowest BCUT2D eigenvalue weighted by atomic mass is 9.96. The van der Waals surface area contributed by atoms with Gasteiger partial charge in [0.15, 0.2) is 0 Å². The van der Waals surface area contributed by atoms with Crippen LogP contribution in [0.5, 0.6) is 5.75 Å². The van der Waals surface area contributed by atoms with Gasteiger partial charge in [0.25, 0.3) is 0 Å². The Morgan fingerprint density at radius 3 is 2.23 bits per heavy atom. The van der Waals surface area contributed by atoms with Gasteiger partial charge < -0.3 is 15.8 Å². The van der Waals surface area contributed by atoms with Crippen molar-refractivity contribution in [2.45, 2.75) is 12.4 Å². The van der Waals surface area contributed by atoms with E-state index in [1.807, 2.05) is 0 Å². The number of nitrogens with one attached hydrogen (secondary N) is 1. The molecule has 160 valence electrons. The van der Waals surface area contributed by atoms with Gasteiger partial charge in [0.2, 0.25) is 5.96 Å². The van der Waals surface area contributed by atoms with Gasteiger partial charge in [-0.3, -0.25) is 0 Å². The number of halogens is 7. The van der Waals surface area contributed by atoms with E-state index in [0.717, 1.165) is 25.3 Å². The molecule has 0 saturated carbocycles. The van der Waals surface area contributed by atoms with Gasteiger partial charge in [0, 0.05) is 11.3 Å². The summed E-state index contributed by atoms with van der Waals surface area (Å²) in [4.78, 5) is 7.70. The number of hydrogen-bond acceptors (Lipinski definition) is 5. The van der Waals surface area contributed by atoms with Crippen LogP contribution in [0.3, 0.4) is 0 Å². The minimum Gasteiger partial charge on any atom is -0.496 e. The van der Waals surface area contributed by atoms with Gasteiger partial charge in [0.05, 0.1) is 23.3 Å². The fourth-order valence-corrected chi connectivity index (χ4v) is 3.17. The topological polar surface area (TPSA) is 72.0 Å². The highest BCUT2D eigenvalue weighted by molar-refractivity contribution is 6.34. The lowest BCUT2D eigenvalue weighted by molar-refractivity contribution is -0.138. The zero-order valence-electron chi connectivity index (χ0n) is 15.1. The molecule has 2 aromatic carbocycles. The first kappa shape index (κ1) is 21.8. The third-order valence-electron chi connectivity index (χ3n) is 4.09. The summed E-state index contributed by atoms with van der Waals surface area (Å²) in [7, 11) is 1.03. The van der Waals surface area contributed by atoms with E-state index in [1.54, 1.807) is 0 Å². The summed E-state index contributed by atoms with van der Waals surface area (Å²) in [6, 6.07) is 4.42. The van der Waals surface area contributed by atoms with Crippen molar-refractivity contribution in [3.05, 3.63) is 46.5 Å². The maximum Gasteiger partial charge on any atom is 0.419 e. The van der Waals surface area contributed by atoms with Crippen LogP contribution in [0.2, 0.25) is 5.02 Å². The third-order valence-corrected chi connectivity index (χ3v) is 4.38. The van der Waals surface area contributed by atoms with Crippen LogP contribution in [0, 0.1) is 0 Å². The molecular weight excluding hydrogens is 438 g/mol. The first-order chi connectivity index (χ1) is 13.9. The Balaban J connectivity index is 2.15. The van der Waals surface area contributed by atoms with Gasteiger partial charge in [-0.2, -0.15) is 31.3 Å². The second kappa shape index (κ2) is 7.71. The zero-order valence-corrected chi connectivity index (χ0v) is 15.9. The Labute approximate surface area is 171 Å². The molecule has 0 atom stereocenters. The van der Waals surface area contributed by atoms with Crippen LogP contribution in [0.1, 0.15) is 11.1 Å². The molecule has 0 radical (unpaired) electrons. The summed E-state index contributed by atoms with van der Waals surface area (Å²) in [6.45, 7) is 0.0896. The van der Waals surface area contributed by atoms with Gasteiger partial charge in [-0.05, 0) is 29.8 Å². The van der Waals surface area contributed by atoms with Crippen LogP contribution < -0.4 is 15.8 Å². The van der Waals surface area contributed by atoms with Gasteiger partial charge in [0.1, 0.15) is 18.1 Å². The largest absolute Gasteiger partial charge is 0.496 e. The standard InChI is InChI=1S/C18H13ClF6N4O/c1-30-13-3-2-8(4-10(13)17(20,21)22)15-11(18(23,24)25)5-9(6-12(15)19)28-16-27-7-14(26)29-16/h2-6H,7H2,1H3,(H3,26,27,28,29). The Bertz CT molecular complexity index is 1050. The summed E-state index contributed by atoms with van der Waals surface area (Å²) in [6.07, 6.45) is -9.75. The number of aliphatic imine (C=N–C) groups is 2. The molecular formula is C18H13ClF6N4O. The number of anilines is 1. The van der Waals surface area contributed by atoms with Gasteiger partial charge in [-0.15, -0.1) is 0 Å². The first-order valence-electron chi connectivity index (χ1n) is 8.21. The quantitative estimate of drug-likeness (QED) is 0.632. The number of nitrogens with two attached hydrogens (primary N) is 1. The van der Waals surface area contributed by atoms with Crippen molar-refractivity contribution in [3.63, 3.8) is 0 Å². The number of rotatable bonds is 3. The SMILES string of the molecule is COc1ccc(-c2c(Cl)cc(NC3=NCC(N)=N3)cc2C(F)(F)F)cc1C(F)(F)F. The summed E-state index contributed by atoms with van der Waals surface area (Å²) < 4.78 is 85.8. The smallest absolute Gasteiger partial charge is 0.419 e. The molecule has 5 nitrogen and oxygen atoms in total. The summed E-state index contributed by atoms with van der Waals surface area (Å²) in [5, 5.41) is 2.14. The molecule has 1 aliphatic heterocycles. The number of ether oxygens (including phenoxy) is 1. The van der Waals surface area contributed by atoms with Crippen molar-refractivity contribution in [3.8, 4) is 16.9 Å². The highest BCUT2D eigenvalue weighted by Crippen LogP contribution is 2.45. The average molecular weight is 451 g/mol. The van der Waals surface area contributed by atoms with E-state index in [1.165, 1.54) is 0 Å². The molecule has 0 bridgehead atoms. The predicted octanol–water partition coefficient (Wildman–Crippen LogP) is 5.19. The van der Waals surface area contributed by atoms with Crippen LogP contribution >= 0.6 is 11.6 Å². The summed E-state index contributed by atoms with van der Waals surface area (Å²) in [5.74, 6) is -0.355. The summed E-state index contributed by atoms with van der Waals surface area (Å²) >= 11 is 6.08. The number of amidine groups is 1. The first-order valence-corrected chi connectivity index (χ1v) is 8.59. The Hall–Kier alpha value is -2.95. The van der Waals surface area contributed by atoms with Crippen molar-refractivity contribution >= 4 is 29.1 Å². The third kappa shape index (κ3) is 4.45. The zero-order chi connectivity index (χ0) is 22.3. The molecule has 1 heterocycles. The Morgan fingerprint density at radius 1 is 1.03 bits per heavy atom. The molecule has 30 heavy (non-hydrogen) atoms. The van der Waals surface area contributed by atoms with Gasteiger partial charge in [-0.25, -0.2) is 4.99 Å². The van der Waals surface area contributed by atoms with Crippen LogP contribution in [0.25, 0.3) is 11.1 Å². The number of hydrogen-bond donors (Lipinski definition) is 2. The summed E-state index contributed by atoms with van der Waals surface area (Å²) in [5.41, 5.74) is 1.95. The second-order valence-corrected chi connectivity index (χ2v) is 6.57. The van der Waals surface area contributed by atoms with Crippen LogP contribution in [0.4, 0.5) is 32.0 Å². The molecule has 0 aliphatic carbocycles. The molecule has 2 aromatic rings. The van der Waals surface area contributed by atoms with Crippen molar-refractivity contribution in [2.75, 3.05) is 19.0 Å². The maximum atomic E-state index is 13.7. The van der Waals surface area contributed by atoms with Gasteiger partial charge >= 0.3 is 12.4 Å². The minimum absolute atomic E-state index is 0.00625. The van der Waals surface area contributed by atoms with Crippen LogP contribution in [0.15, 0.2) is 40.3 Å². The lowest BCUT2D eigenvalue weighted by Gasteiger charge is -2.19. The number of methoxy groups -OCH3 is 1. The fourth-order valence-electron chi connectivity index (χ4n) is 2.84. The Morgan fingerprint density at radius 2 is 1.70 bits per heavy atom. The molecule has 0 fully saturated rings. The monoisotopic (exact) mass is 450 g/mol. The number of alkyl halides is 6. The van der Waals surface area contributed by atoms with Crippen LogP contribution in [-0.2, 0) is 12.4 Å². The number of benzene rings is 2. The van der Waals surface area contributed by atoms with Crippen molar-refractivity contribution in [2.24, 2.45) is 15.7 Å². The normalized spacial score (nSPS) is 14.4. The lowest BCUT2D eigenvalue weighted by Crippen LogP contribution is -2.14. The van der Waals surface area contributed by atoms with Crippen molar-refractivity contribution < 1.29 is 31.1 Å². The number of nitrogens with zero attached hydrogens (tertiary/aromatic N) is 2. The van der Waals surface area contributed by atoms with E-state index < -0.39 is 39.8 Å². The molecule has 3 rings (SSSR count). The highest BCUT2D eigenvalue weighted by atomic mass is 35.5. The highest BCUT2D eigenvalue weighted by Gasteiger charge is 2.38. The average Bonchev–Trinajstić information content (AvgIpc) is 3.04. The Kier molecular flexibility index (Phi) is 5.59. The molecule has 1 aliphatic rings. The molecule has 0 unspecified atom stereocenters. The van der Waals surface area contributed by atoms with E-state index in [0.29, 0.717) is 12.1 Å². The molecule has 0 saturated heterocycles. The molecule has 12 heteroatoms. The predicted molar refractivity (Wildman–Crippen MR) is 101 cm³/mol. The fraction of sp³-hybridized carbons (Fsp3) is 0.222. The second-order valence-electron chi connectivity index (χ2n) is 6.16. The van der Waals surface area contributed by atoms with Crippen LogP contribution in [-0.4, -0.2) is 25.4 Å². The van der Waals surface area contributed by atoms with E-state index >= 15 is 0 Å². The molecule has 3 N–H and O–H groups in total. The molecule has 0 amide bonds. The molecule has 0 spiro atoms. The van der Waals surface area contributed by atoms with Crippen molar-refractivity contribution in [1.29, 1.82) is 0 Å². The van der Waals surface area contributed by atoms with E-state index in [9.17, 15) is 26.3 Å².